The molecule has 3 rings (SSSR count). The van der Waals surface area contributed by atoms with Crippen LogP contribution in [0.25, 0.3) is 17.5 Å². The second kappa shape index (κ2) is 11.6. The lowest BCUT2D eigenvalue weighted by atomic mass is 10.2. The SMILES string of the molecule is CCOc1ccc(/C=C/C(=O)OCc2nc(-c3ccc(OC(F)F)c(OC)c3)no2)cc1OC. The van der Waals surface area contributed by atoms with E-state index in [1.54, 1.807) is 24.3 Å². The summed E-state index contributed by atoms with van der Waals surface area (Å²) in [5, 5.41) is 3.80. The highest BCUT2D eigenvalue weighted by molar-refractivity contribution is 5.87. The Balaban J connectivity index is 1.60. The van der Waals surface area contributed by atoms with E-state index in [0.717, 1.165) is 0 Å². The first-order valence-corrected chi connectivity index (χ1v) is 10.0. The Labute approximate surface area is 193 Å². The standard InChI is InChI=1S/C23H22F2N2O7/c1-4-31-16-8-5-14(11-18(16)29-2)6-10-21(28)32-13-20-26-22(27-34-20)15-7-9-17(33-23(24)25)19(12-15)30-3/h5-12,23H,4,13H2,1-3H3/b10-6+. The van der Waals surface area contributed by atoms with Crippen molar-refractivity contribution < 1.29 is 41.8 Å². The van der Waals surface area contributed by atoms with E-state index in [4.69, 9.17) is 23.5 Å². The van der Waals surface area contributed by atoms with Crippen molar-refractivity contribution in [3.05, 3.63) is 53.9 Å². The van der Waals surface area contributed by atoms with Crippen LogP contribution in [-0.2, 0) is 16.1 Å². The molecule has 0 atom stereocenters. The van der Waals surface area contributed by atoms with Gasteiger partial charge in [0, 0.05) is 11.6 Å². The Kier molecular flexibility index (Phi) is 8.38. The van der Waals surface area contributed by atoms with Gasteiger partial charge in [0.15, 0.2) is 29.6 Å². The molecule has 3 aromatic rings. The summed E-state index contributed by atoms with van der Waals surface area (Å²) < 4.78 is 55.3. The molecule has 1 aromatic heterocycles. The van der Waals surface area contributed by atoms with Gasteiger partial charge in [0.25, 0.3) is 5.89 Å². The average Bonchev–Trinajstić information content (AvgIpc) is 3.31. The number of halogens is 2. The minimum absolute atomic E-state index is 0.0476. The van der Waals surface area contributed by atoms with Crippen LogP contribution in [0.3, 0.4) is 0 Å². The van der Waals surface area contributed by atoms with Crippen LogP contribution in [0, 0.1) is 0 Å². The van der Waals surface area contributed by atoms with Gasteiger partial charge in [-0.1, -0.05) is 11.2 Å². The van der Waals surface area contributed by atoms with Crippen LogP contribution in [0.5, 0.6) is 23.0 Å². The second-order valence-electron chi connectivity index (χ2n) is 6.54. The number of alkyl halides is 2. The summed E-state index contributed by atoms with van der Waals surface area (Å²) in [7, 11) is 2.84. The maximum absolute atomic E-state index is 12.5. The van der Waals surface area contributed by atoms with Gasteiger partial charge in [0.05, 0.1) is 20.8 Å². The normalized spacial score (nSPS) is 11.0. The summed E-state index contributed by atoms with van der Waals surface area (Å²) in [4.78, 5) is 16.2. The minimum atomic E-state index is -2.99. The zero-order valence-corrected chi connectivity index (χ0v) is 18.6. The molecule has 0 bridgehead atoms. The first-order valence-electron chi connectivity index (χ1n) is 10.0. The molecule has 0 saturated carbocycles. The van der Waals surface area contributed by atoms with Crippen molar-refractivity contribution in [1.29, 1.82) is 0 Å². The van der Waals surface area contributed by atoms with E-state index in [9.17, 15) is 13.6 Å². The molecule has 11 heteroatoms. The van der Waals surface area contributed by atoms with E-state index in [1.807, 2.05) is 6.92 Å². The number of benzene rings is 2. The fraction of sp³-hybridized carbons (Fsp3) is 0.261. The first kappa shape index (κ1) is 24.5. The summed E-state index contributed by atoms with van der Waals surface area (Å²) in [6, 6.07) is 9.44. The Morgan fingerprint density at radius 1 is 1.06 bits per heavy atom. The molecule has 1 heterocycles. The minimum Gasteiger partial charge on any atom is -0.493 e. The molecule has 0 spiro atoms. The molecule has 0 saturated heterocycles. The first-order chi connectivity index (χ1) is 16.4. The average molecular weight is 476 g/mol. The van der Waals surface area contributed by atoms with Crippen molar-refractivity contribution in [3.8, 4) is 34.4 Å². The van der Waals surface area contributed by atoms with E-state index in [0.29, 0.717) is 29.2 Å². The lowest BCUT2D eigenvalue weighted by molar-refractivity contribution is -0.139. The van der Waals surface area contributed by atoms with E-state index in [-0.39, 0.29) is 29.8 Å². The molecular formula is C23H22F2N2O7. The van der Waals surface area contributed by atoms with Crippen LogP contribution in [-0.4, -0.2) is 43.5 Å². The summed E-state index contributed by atoms with van der Waals surface area (Å²) in [5.74, 6) is 0.675. The van der Waals surface area contributed by atoms with Gasteiger partial charge in [-0.25, -0.2) is 4.79 Å². The molecule has 0 aliphatic heterocycles. The zero-order chi connectivity index (χ0) is 24.5. The van der Waals surface area contributed by atoms with Gasteiger partial charge in [-0.15, -0.1) is 0 Å². The fourth-order valence-electron chi connectivity index (χ4n) is 2.84. The van der Waals surface area contributed by atoms with Gasteiger partial charge >= 0.3 is 12.6 Å². The van der Waals surface area contributed by atoms with E-state index in [1.165, 1.54) is 38.5 Å². The number of carbonyl (C=O) groups is 1. The predicted molar refractivity (Wildman–Crippen MR) is 116 cm³/mol. The van der Waals surface area contributed by atoms with Gasteiger partial charge in [-0.3, -0.25) is 0 Å². The van der Waals surface area contributed by atoms with Crippen LogP contribution < -0.4 is 18.9 Å². The van der Waals surface area contributed by atoms with Crippen molar-refractivity contribution in [1.82, 2.24) is 10.1 Å². The molecule has 0 aliphatic carbocycles. The summed E-state index contributed by atoms with van der Waals surface area (Å²) >= 11 is 0. The Morgan fingerprint density at radius 3 is 2.50 bits per heavy atom. The number of carbonyl (C=O) groups excluding carboxylic acids is 1. The number of hydrogen-bond acceptors (Lipinski definition) is 9. The number of ether oxygens (including phenoxy) is 5. The number of hydrogen-bond donors (Lipinski definition) is 0. The van der Waals surface area contributed by atoms with Gasteiger partial charge in [0.1, 0.15) is 0 Å². The van der Waals surface area contributed by atoms with Crippen molar-refractivity contribution in [2.45, 2.75) is 20.1 Å². The molecule has 0 unspecified atom stereocenters. The van der Waals surface area contributed by atoms with Crippen LogP contribution in [0.15, 0.2) is 47.0 Å². The van der Waals surface area contributed by atoms with Crippen LogP contribution in [0.2, 0.25) is 0 Å². The molecule has 0 N–H and O–H groups in total. The number of methoxy groups -OCH3 is 2. The summed E-state index contributed by atoms with van der Waals surface area (Å²) in [6.45, 7) is -0.876. The van der Waals surface area contributed by atoms with Gasteiger partial charge < -0.3 is 28.2 Å². The van der Waals surface area contributed by atoms with Crippen LogP contribution in [0.1, 0.15) is 18.4 Å². The molecule has 2 aromatic carbocycles. The Bertz CT molecular complexity index is 1150. The Hall–Kier alpha value is -4.15. The molecule has 0 fully saturated rings. The van der Waals surface area contributed by atoms with Crippen molar-refractivity contribution >= 4 is 12.0 Å². The van der Waals surface area contributed by atoms with Gasteiger partial charge in [-0.05, 0) is 48.9 Å². The maximum atomic E-state index is 12.5. The lowest BCUT2D eigenvalue weighted by Crippen LogP contribution is -2.03. The molecule has 0 amide bonds. The summed E-state index contributed by atoms with van der Waals surface area (Å²) in [5.41, 5.74) is 1.15. The zero-order valence-electron chi connectivity index (χ0n) is 18.6. The largest absolute Gasteiger partial charge is 0.493 e. The molecule has 180 valence electrons. The molecule has 0 radical (unpaired) electrons. The van der Waals surface area contributed by atoms with Gasteiger partial charge in [-0.2, -0.15) is 13.8 Å². The molecule has 34 heavy (non-hydrogen) atoms. The Morgan fingerprint density at radius 2 is 1.79 bits per heavy atom. The third-order valence-corrected chi connectivity index (χ3v) is 4.34. The highest BCUT2D eigenvalue weighted by atomic mass is 19.3. The monoisotopic (exact) mass is 476 g/mol. The molecule has 9 nitrogen and oxygen atoms in total. The van der Waals surface area contributed by atoms with E-state index in [2.05, 4.69) is 14.9 Å². The number of esters is 1. The number of nitrogens with zero attached hydrogens (tertiary/aromatic N) is 2. The molecule has 0 aliphatic rings. The van der Waals surface area contributed by atoms with Crippen LogP contribution >= 0.6 is 0 Å². The summed E-state index contributed by atoms with van der Waals surface area (Å²) in [6.07, 6.45) is 2.81. The van der Waals surface area contributed by atoms with E-state index >= 15 is 0 Å². The number of aromatic nitrogens is 2. The second-order valence-corrected chi connectivity index (χ2v) is 6.54. The highest BCUT2D eigenvalue weighted by Crippen LogP contribution is 2.32. The molecular weight excluding hydrogens is 454 g/mol. The lowest BCUT2D eigenvalue weighted by Gasteiger charge is -2.10. The topological polar surface area (TPSA) is 102 Å². The smallest absolute Gasteiger partial charge is 0.387 e. The third kappa shape index (κ3) is 6.44. The highest BCUT2D eigenvalue weighted by Gasteiger charge is 2.15. The third-order valence-electron chi connectivity index (χ3n) is 4.34. The maximum Gasteiger partial charge on any atom is 0.387 e. The van der Waals surface area contributed by atoms with E-state index < -0.39 is 12.6 Å². The van der Waals surface area contributed by atoms with Crippen molar-refractivity contribution in [3.63, 3.8) is 0 Å². The quantitative estimate of drug-likeness (QED) is 0.292. The van der Waals surface area contributed by atoms with Gasteiger partial charge in [0.2, 0.25) is 5.82 Å². The van der Waals surface area contributed by atoms with Crippen molar-refractivity contribution in [2.24, 2.45) is 0 Å². The van der Waals surface area contributed by atoms with Crippen LogP contribution in [0.4, 0.5) is 8.78 Å². The van der Waals surface area contributed by atoms with Crippen molar-refractivity contribution in [2.75, 3.05) is 20.8 Å². The predicted octanol–water partition coefficient (Wildman–Crippen LogP) is 4.51. The fourth-order valence-corrected chi connectivity index (χ4v) is 2.84. The number of rotatable bonds is 11.